The van der Waals surface area contributed by atoms with Crippen LogP contribution in [0.3, 0.4) is 0 Å². The van der Waals surface area contributed by atoms with E-state index >= 15 is 0 Å². The summed E-state index contributed by atoms with van der Waals surface area (Å²) in [5.41, 5.74) is 8.28. The van der Waals surface area contributed by atoms with Gasteiger partial charge >= 0.3 is 0 Å². The van der Waals surface area contributed by atoms with Crippen LogP contribution in [0.25, 0.3) is 6.08 Å². The zero-order valence-electron chi connectivity index (χ0n) is 14.2. The Morgan fingerprint density at radius 1 is 1.19 bits per heavy atom. The molecule has 0 fully saturated rings. The number of anilines is 2. The Morgan fingerprint density at radius 3 is 2.63 bits per heavy atom. The van der Waals surface area contributed by atoms with Crippen LogP contribution in [0.15, 0.2) is 67.1 Å². The summed E-state index contributed by atoms with van der Waals surface area (Å²) in [6, 6.07) is 14.9. The highest BCUT2D eigenvalue weighted by Crippen LogP contribution is 2.13. The van der Waals surface area contributed by atoms with Crippen molar-refractivity contribution in [3.63, 3.8) is 0 Å². The number of carbonyl (C=O) groups excluding carboxylic acids is 1. The minimum Gasteiger partial charge on any atom is -0.399 e. The van der Waals surface area contributed by atoms with E-state index in [9.17, 15) is 4.79 Å². The van der Waals surface area contributed by atoms with Crippen LogP contribution in [0, 0.1) is 0 Å². The van der Waals surface area contributed by atoms with E-state index in [0.29, 0.717) is 23.1 Å². The molecule has 0 atom stereocenters. The normalized spacial score (nSPS) is 10.1. The number of hydrogen-bond acceptors (Lipinski definition) is 3. The lowest BCUT2D eigenvalue weighted by molar-refractivity contribution is -0.111. The van der Waals surface area contributed by atoms with Gasteiger partial charge in [-0.05, 0) is 41.5 Å². The Labute approximate surface area is 175 Å². The van der Waals surface area contributed by atoms with Gasteiger partial charge in [-0.3, -0.25) is 4.79 Å². The third kappa shape index (κ3) is 6.98. The van der Waals surface area contributed by atoms with E-state index in [0.717, 1.165) is 11.1 Å². The third-order valence-electron chi connectivity index (χ3n) is 3.50. The first kappa shape index (κ1) is 22.6. The van der Waals surface area contributed by atoms with Crippen LogP contribution in [-0.2, 0) is 11.3 Å². The van der Waals surface area contributed by atoms with Gasteiger partial charge in [-0.2, -0.15) is 0 Å². The average Bonchev–Trinajstić information content (AvgIpc) is 3.01. The largest absolute Gasteiger partial charge is 0.399 e. The summed E-state index contributed by atoms with van der Waals surface area (Å²) in [6.07, 6.45) is 6.62. The van der Waals surface area contributed by atoms with Gasteiger partial charge in [-0.1, -0.05) is 35.9 Å². The van der Waals surface area contributed by atoms with Gasteiger partial charge in [0.2, 0.25) is 5.91 Å². The van der Waals surface area contributed by atoms with Crippen LogP contribution in [0.1, 0.15) is 11.1 Å². The molecule has 0 spiro atoms. The number of amides is 1. The second-order valence-corrected chi connectivity index (χ2v) is 5.99. The van der Waals surface area contributed by atoms with Crippen molar-refractivity contribution in [2.75, 3.05) is 11.1 Å². The lowest BCUT2D eigenvalue weighted by atomic mass is 10.2. The van der Waals surface area contributed by atoms with Crippen LogP contribution < -0.4 is 11.1 Å². The number of halogens is 3. The van der Waals surface area contributed by atoms with Crippen molar-refractivity contribution in [2.24, 2.45) is 0 Å². The minimum atomic E-state index is -0.246. The van der Waals surface area contributed by atoms with Crippen molar-refractivity contribution in [1.29, 1.82) is 0 Å². The highest BCUT2D eigenvalue weighted by Gasteiger charge is 2.03. The summed E-state index contributed by atoms with van der Waals surface area (Å²) < 4.78 is 1.88. The first-order valence-corrected chi connectivity index (χ1v) is 8.07. The molecule has 0 radical (unpaired) electrons. The summed E-state index contributed by atoms with van der Waals surface area (Å²) in [5, 5.41) is 3.43. The second-order valence-electron chi connectivity index (χ2n) is 5.55. The quantitative estimate of drug-likeness (QED) is 0.461. The molecule has 142 valence electrons. The molecule has 0 bridgehead atoms. The molecule has 0 saturated carbocycles. The standard InChI is InChI=1S/C19H17ClN4O.2ClH/c20-16-3-1-2-15(10-16)11-24-12-18(22-13-24)23-19(25)9-6-14-4-7-17(21)8-5-14;;/h1-10,12-13H,11,21H2,(H,23,25);2*1H/b9-6+;;. The number of carbonyl (C=O) groups is 1. The molecule has 5 nitrogen and oxygen atoms in total. The molecule has 1 heterocycles. The maximum absolute atomic E-state index is 12.0. The van der Waals surface area contributed by atoms with Gasteiger partial charge < -0.3 is 15.6 Å². The molecule has 3 aromatic rings. The summed E-state index contributed by atoms with van der Waals surface area (Å²) >= 11 is 5.98. The Morgan fingerprint density at radius 2 is 1.93 bits per heavy atom. The second kappa shape index (κ2) is 10.6. The summed E-state index contributed by atoms with van der Waals surface area (Å²) in [4.78, 5) is 16.2. The molecule has 0 aliphatic carbocycles. The fourth-order valence-electron chi connectivity index (χ4n) is 2.30. The van der Waals surface area contributed by atoms with Crippen molar-refractivity contribution in [2.45, 2.75) is 6.54 Å². The van der Waals surface area contributed by atoms with E-state index in [1.54, 1.807) is 30.7 Å². The predicted molar refractivity (Wildman–Crippen MR) is 116 cm³/mol. The molecule has 3 rings (SSSR count). The minimum absolute atomic E-state index is 0. The number of nitrogens with two attached hydrogens (primary N) is 1. The lowest BCUT2D eigenvalue weighted by Crippen LogP contribution is -2.08. The smallest absolute Gasteiger partial charge is 0.249 e. The number of imidazole rings is 1. The topological polar surface area (TPSA) is 72.9 Å². The monoisotopic (exact) mass is 424 g/mol. The number of nitrogens with zero attached hydrogens (tertiary/aromatic N) is 2. The number of nitrogen functional groups attached to an aromatic ring is 1. The van der Waals surface area contributed by atoms with Crippen LogP contribution in [0.4, 0.5) is 11.5 Å². The predicted octanol–water partition coefficient (Wildman–Crippen LogP) is 4.66. The average molecular weight is 426 g/mol. The number of rotatable bonds is 5. The summed E-state index contributed by atoms with van der Waals surface area (Å²) in [5.74, 6) is 0.249. The zero-order valence-corrected chi connectivity index (χ0v) is 16.6. The molecular formula is C19H19Cl3N4O. The molecule has 2 aromatic carbocycles. The van der Waals surface area contributed by atoms with Gasteiger partial charge in [-0.25, -0.2) is 4.98 Å². The van der Waals surface area contributed by atoms with Gasteiger partial charge in [0.1, 0.15) is 0 Å². The molecule has 8 heteroatoms. The Hall–Kier alpha value is -2.47. The highest BCUT2D eigenvalue weighted by atomic mass is 35.5. The van der Waals surface area contributed by atoms with Gasteiger partial charge in [0.25, 0.3) is 0 Å². The molecule has 0 aliphatic rings. The van der Waals surface area contributed by atoms with E-state index in [4.69, 9.17) is 17.3 Å². The molecule has 27 heavy (non-hydrogen) atoms. The van der Waals surface area contributed by atoms with Crippen LogP contribution in [0.5, 0.6) is 0 Å². The van der Waals surface area contributed by atoms with E-state index in [1.165, 1.54) is 6.08 Å². The molecule has 0 unspecified atom stereocenters. The zero-order chi connectivity index (χ0) is 17.6. The van der Waals surface area contributed by atoms with E-state index < -0.39 is 0 Å². The lowest BCUT2D eigenvalue weighted by Gasteiger charge is -2.02. The van der Waals surface area contributed by atoms with Crippen molar-refractivity contribution in [3.8, 4) is 0 Å². The molecule has 0 saturated heterocycles. The number of benzene rings is 2. The molecule has 1 amide bonds. The molecule has 1 aromatic heterocycles. The van der Waals surface area contributed by atoms with Gasteiger partial charge in [-0.15, -0.1) is 24.8 Å². The number of aromatic nitrogens is 2. The van der Waals surface area contributed by atoms with Crippen molar-refractivity contribution < 1.29 is 4.79 Å². The molecular weight excluding hydrogens is 407 g/mol. The Bertz CT molecular complexity index is 907. The SMILES string of the molecule is Cl.Cl.Nc1ccc(/C=C/C(=O)Nc2cn(Cc3cccc(Cl)c3)cn2)cc1. The maximum Gasteiger partial charge on any atom is 0.249 e. The van der Waals surface area contributed by atoms with Crippen molar-refractivity contribution >= 4 is 59.9 Å². The Balaban J connectivity index is 0.00000182. The van der Waals surface area contributed by atoms with Crippen molar-refractivity contribution in [1.82, 2.24) is 9.55 Å². The summed E-state index contributed by atoms with van der Waals surface area (Å²) in [6.45, 7) is 0.630. The van der Waals surface area contributed by atoms with Crippen LogP contribution >= 0.6 is 36.4 Å². The van der Waals surface area contributed by atoms with E-state index in [1.807, 2.05) is 41.0 Å². The highest BCUT2D eigenvalue weighted by molar-refractivity contribution is 6.30. The van der Waals surface area contributed by atoms with Gasteiger partial charge in [0, 0.05) is 29.5 Å². The Kier molecular flexibility index (Phi) is 8.88. The van der Waals surface area contributed by atoms with Gasteiger partial charge in [0.15, 0.2) is 5.82 Å². The van der Waals surface area contributed by atoms with Crippen molar-refractivity contribution in [3.05, 3.63) is 83.3 Å². The van der Waals surface area contributed by atoms with E-state index in [-0.39, 0.29) is 30.7 Å². The molecule has 3 N–H and O–H groups in total. The number of hydrogen-bond donors (Lipinski definition) is 2. The van der Waals surface area contributed by atoms with Gasteiger partial charge in [0.05, 0.1) is 6.33 Å². The number of nitrogens with one attached hydrogen (secondary N) is 1. The van der Waals surface area contributed by atoms with E-state index in [2.05, 4.69) is 10.3 Å². The van der Waals surface area contributed by atoms with Crippen LogP contribution in [-0.4, -0.2) is 15.5 Å². The third-order valence-corrected chi connectivity index (χ3v) is 3.74. The fraction of sp³-hybridized carbons (Fsp3) is 0.0526. The first-order chi connectivity index (χ1) is 12.1. The molecule has 0 aliphatic heterocycles. The maximum atomic E-state index is 12.0. The first-order valence-electron chi connectivity index (χ1n) is 7.69. The summed E-state index contributed by atoms with van der Waals surface area (Å²) in [7, 11) is 0. The van der Waals surface area contributed by atoms with Crippen LogP contribution in [0.2, 0.25) is 5.02 Å². The fourth-order valence-corrected chi connectivity index (χ4v) is 2.52.